The van der Waals surface area contributed by atoms with Crippen molar-refractivity contribution in [3.8, 4) is 0 Å². The van der Waals surface area contributed by atoms with E-state index in [0.717, 1.165) is 0 Å². The number of carboxylic acids is 2. The summed E-state index contributed by atoms with van der Waals surface area (Å²) >= 11 is 2.52. The highest BCUT2D eigenvalue weighted by Gasteiger charge is 2.38. The molecule has 0 saturated heterocycles. The molecule has 7 heteroatoms. The molecule has 21 heavy (non-hydrogen) atoms. The zero-order valence-electron chi connectivity index (χ0n) is 10.8. The van der Waals surface area contributed by atoms with Crippen molar-refractivity contribution in [3.05, 3.63) is 44.8 Å². The molecule has 2 rings (SSSR count). The van der Waals surface area contributed by atoms with Gasteiger partial charge in [0, 0.05) is 17.2 Å². The van der Waals surface area contributed by atoms with Crippen molar-refractivity contribution < 1.29 is 24.6 Å². The molecule has 0 bridgehead atoms. The van der Waals surface area contributed by atoms with E-state index < -0.39 is 23.8 Å². The van der Waals surface area contributed by atoms with Crippen molar-refractivity contribution in [1.29, 1.82) is 0 Å². The molecule has 110 valence electrons. The SMILES string of the molecule is O=C(CC(c1cccs1)C(C(=O)O)C(=O)O)c1cccs1. The summed E-state index contributed by atoms with van der Waals surface area (Å²) in [4.78, 5) is 35.8. The van der Waals surface area contributed by atoms with Crippen LogP contribution in [0.2, 0.25) is 0 Å². The molecule has 0 aromatic carbocycles. The third kappa shape index (κ3) is 3.56. The second-order valence-electron chi connectivity index (χ2n) is 4.38. The molecule has 0 saturated carbocycles. The fourth-order valence-electron chi connectivity index (χ4n) is 2.07. The normalized spacial score (nSPS) is 12.2. The Balaban J connectivity index is 2.31. The lowest BCUT2D eigenvalue weighted by atomic mass is 9.86. The number of hydrogen-bond acceptors (Lipinski definition) is 5. The van der Waals surface area contributed by atoms with Gasteiger partial charge in [-0.05, 0) is 22.9 Å². The average molecular weight is 324 g/mol. The Kier molecular flexibility index (Phi) is 4.87. The van der Waals surface area contributed by atoms with E-state index in [1.165, 1.54) is 22.7 Å². The average Bonchev–Trinajstić information content (AvgIpc) is 3.10. The topological polar surface area (TPSA) is 91.7 Å². The quantitative estimate of drug-likeness (QED) is 0.603. The second-order valence-corrected chi connectivity index (χ2v) is 6.31. The van der Waals surface area contributed by atoms with E-state index >= 15 is 0 Å². The van der Waals surface area contributed by atoms with E-state index in [4.69, 9.17) is 0 Å². The van der Waals surface area contributed by atoms with Gasteiger partial charge in [-0.1, -0.05) is 12.1 Å². The standard InChI is InChI=1S/C14H12O5S2/c15-9(11-4-2-6-21-11)7-8(10-3-1-5-20-10)12(13(16)17)14(18)19/h1-6,8,12H,7H2,(H,16,17)(H,18,19). The maximum atomic E-state index is 12.2. The number of thiophene rings is 2. The Morgan fingerprint density at radius 2 is 1.62 bits per heavy atom. The summed E-state index contributed by atoms with van der Waals surface area (Å²) in [6.45, 7) is 0. The number of rotatable bonds is 7. The van der Waals surface area contributed by atoms with Crippen LogP contribution in [0.3, 0.4) is 0 Å². The number of carboxylic acid groups (broad SMARTS) is 2. The predicted octanol–water partition coefficient (Wildman–Crippen LogP) is 2.95. The summed E-state index contributed by atoms with van der Waals surface area (Å²) < 4.78 is 0. The van der Waals surface area contributed by atoms with Crippen molar-refractivity contribution in [2.45, 2.75) is 12.3 Å². The first kappa shape index (κ1) is 15.4. The lowest BCUT2D eigenvalue weighted by molar-refractivity contribution is -0.155. The molecule has 5 nitrogen and oxygen atoms in total. The first-order valence-electron chi connectivity index (χ1n) is 6.06. The lowest BCUT2D eigenvalue weighted by Crippen LogP contribution is -2.30. The van der Waals surface area contributed by atoms with Gasteiger partial charge in [-0.15, -0.1) is 22.7 Å². The first-order chi connectivity index (χ1) is 10.0. The number of hydrogen-bond donors (Lipinski definition) is 2. The molecule has 0 aliphatic carbocycles. The summed E-state index contributed by atoms with van der Waals surface area (Å²) in [6, 6.07) is 6.75. The molecule has 0 radical (unpaired) electrons. The molecule has 0 spiro atoms. The number of Topliss-reactive ketones (excluding diaryl/α,β-unsaturated/α-hetero) is 1. The van der Waals surface area contributed by atoms with Crippen LogP contribution < -0.4 is 0 Å². The van der Waals surface area contributed by atoms with E-state index in [1.807, 2.05) is 0 Å². The molecule has 2 aromatic heterocycles. The zero-order valence-corrected chi connectivity index (χ0v) is 12.4. The summed E-state index contributed by atoms with van der Waals surface area (Å²) in [6.07, 6.45) is -0.135. The molecule has 2 N–H and O–H groups in total. The molecule has 1 atom stereocenters. The maximum Gasteiger partial charge on any atom is 0.318 e. The van der Waals surface area contributed by atoms with Crippen LogP contribution in [0.25, 0.3) is 0 Å². The van der Waals surface area contributed by atoms with Gasteiger partial charge in [0.2, 0.25) is 0 Å². The molecule has 2 heterocycles. The fourth-order valence-corrected chi connectivity index (χ4v) is 3.61. The van der Waals surface area contributed by atoms with Gasteiger partial charge in [0.1, 0.15) is 0 Å². The lowest BCUT2D eigenvalue weighted by Gasteiger charge is -2.18. The number of carbonyl (C=O) groups excluding carboxylic acids is 1. The van der Waals surface area contributed by atoms with E-state index in [-0.39, 0.29) is 12.2 Å². The van der Waals surface area contributed by atoms with Crippen molar-refractivity contribution >= 4 is 40.4 Å². The van der Waals surface area contributed by atoms with Crippen LogP contribution in [0.15, 0.2) is 35.0 Å². The van der Waals surface area contributed by atoms with Gasteiger partial charge in [0.25, 0.3) is 0 Å². The zero-order chi connectivity index (χ0) is 15.4. The highest BCUT2D eigenvalue weighted by molar-refractivity contribution is 7.12. The Labute approximate surface area is 128 Å². The summed E-state index contributed by atoms with van der Waals surface area (Å²) in [5.74, 6) is -5.60. The monoisotopic (exact) mass is 324 g/mol. The fraction of sp³-hybridized carbons (Fsp3) is 0.214. The minimum atomic E-state index is -1.63. The molecule has 0 amide bonds. The highest BCUT2D eigenvalue weighted by Crippen LogP contribution is 2.33. The molecule has 1 unspecified atom stereocenters. The van der Waals surface area contributed by atoms with Crippen LogP contribution in [-0.2, 0) is 9.59 Å². The van der Waals surface area contributed by atoms with E-state index in [1.54, 1.807) is 35.0 Å². The van der Waals surface area contributed by atoms with Crippen molar-refractivity contribution in [2.75, 3.05) is 0 Å². The maximum absolute atomic E-state index is 12.2. The van der Waals surface area contributed by atoms with Crippen LogP contribution >= 0.6 is 22.7 Å². The van der Waals surface area contributed by atoms with E-state index in [2.05, 4.69) is 0 Å². The minimum Gasteiger partial charge on any atom is -0.481 e. The Morgan fingerprint density at radius 3 is 2.10 bits per heavy atom. The van der Waals surface area contributed by atoms with E-state index in [0.29, 0.717) is 9.75 Å². The first-order valence-corrected chi connectivity index (χ1v) is 7.82. The van der Waals surface area contributed by atoms with Crippen molar-refractivity contribution in [3.63, 3.8) is 0 Å². The van der Waals surface area contributed by atoms with Gasteiger partial charge in [-0.2, -0.15) is 0 Å². The second kappa shape index (κ2) is 6.64. The highest BCUT2D eigenvalue weighted by atomic mass is 32.1. The Hall–Kier alpha value is -1.99. The molecule has 0 fully saturated rings. The molecule has 0 aliphatic heterocycles. The number of ketones is 1. The van der Waals surface area contributed by atoms with Gasteiger partial charge in [0.05, 0.1) is 4.88 Å². The summed E-state index contributed by atoms with van der Waals surface area (Å²) in [5, 5.41) is 21.8. The van der Waals surface area contributed by atoms with Crippen LogP contribution in [0.1, 0.15) is 26.9 Å². The van der Waals surface area contributed by atoms with Crippen LogP contribution in [0.4, 0.5) is 0 Å². The minimum absolute atomic E-state index is 0.135. The van der Waals surface area contributed by atoms with Gasteiger partial charge in [-0.25, -0.2) is 0 Å². The molecular weight excluding hydrogens is 312 g/mol. The van der Waals surface area contributed by atoms with Crippen molar-refractivity contribution in [1.82, 2.24) is 0 Å². The summed E-state index contributed by atoms with van der Waals surface area (Å²) in [7, 11) is 0. The van der Waals surface area contributed by atoms with Gasteiger partial charge in [0.15, 0.2) is 11.7 Å². The largest absolute Gasteiger partial charge is 0.481 e. The number of carbonyl (C=O) groups is 3. The van der Waals surface area contributed by atoms with Crippen LogP contribution in [0.5, 0.6) is 0 Å². The third-order valence-electron chi connectivity index (χ3n) is 3.04. The van der Waals surface area contributed by atoms with Gasteiger partial charge in [-0.3, -0.25) is 14.4 Å². The number of aliphatic carboxylic acids is 2. The molecular formula is C14H12O5S2. The summed E-state index contributed by atoms with van der Waals surface area (Å²) in [5.41, 5.74) is 0. The van der Waals surface area contributed by atoms with Crippen molar-refractivity contribution in [2.24, 2.45) is 5.92 Å². The smallest absolute Gasteiger partial charge is 0.318 e. The molecule has 0 aliphatic rings. The predicted molar refractivity (Wildman–Crippen MR) is 79.1 cm³/mol. The van der Waals surface area contributed by atoms with Crippen LogP contribution in [-0.4, -0.2) is 27.9 Å². The van der Waals surface area contributed by atoms with Gasteiger partial charge < -0.3 is 10.2 Å². The van der Waals surface area contributed by atoms with Crippen LogP contribution in [0, 0.1) is 5.92 Å². The Bertz CT molecular complexity index is 616. The Morgan fingerprint density at radius 1 is 1.00 bits per heavy atom. The van der Waals surface area contributed by atoms with E-state index in [9.17, 15) is 24.6 Å². The van der Waals surface area contributed by atoms with Gasteiger partial charge >= 0.3 is 11.9 Å². The third-order valence-corrected chi connectivity index (χ3v) is 4.96. The molecule has 2 aromatic rings.